The fourth-order valence-corrected chi connectivity index (χ4v) is 2.11. The number of hydrogen-bond donors (Lipinski definition) is 1. The Morgan fingerprint density at radius 1 is 0.958 bits per heavy atom. The number of hydrogen-bond acceptors (Lipinski definition) is 4. The van der Waals surface area contributed by atoms with Gasteiger partial charge in [-0.2, -0.15) is 13.2 Å². The van der Waals surface area contributed by atoms with E-state index in [0.717, 1.165) is 17.7 Å². The third-order valence-corrected chi connectivity index (χ3v) is 3.47. The van der Waals surface area contributed by atoms with Crippen LogP contribution in [0.4, 0.5) is 18.9 Å². The molecule has 0 spiro atoms. The highest BCUT2D eigenvalue weighted by Crippen LogP contribution is 2.30. The van der Waals surface area contributed by atoms with Crippen LogP contribution in [0.3, 0.4) is 0 Å². The van der Waals surface area contributed by atoms with E-state index in [4.69, 9.17) is 16.0 Å². The van der Waals surface area contributed by atoms with Gasteiger partial charge in [0.25, 0.3) is 0 Å². The molecule has 0 aliphatic carbocycles. The van der Waals surface area contributed by atoms with Gasteiger partial charge in [-0.3, -0.25) is 0 Å². The van der Waals surface area contributed by atoms with Crippen molar-refractivity contribution in [2.24, 2.45) is 0 Å². The Bertz CT molecular complexity index is 814. The van der Waals surface area contributed by atoms with E-state index in [1.54, 1.807) is 24.3 Å². The van der Waals surface area contributed by atoms with Crippen LogP contribution in [0.15, 0.2) is 52.9 Å². The lowest BCUT2D eigenvalue weighted by atomic mass is 10.2. The molecule has 124 valence electrons. The van der Waals surface area contributed by atoms with Crippen LogP contribution in [0, 0.1) is 0 Å². The molecule has 0 radical (unpaired) electrons. The molecular weight excluding hydrogens is 343 g/mol. The lowest BCUT2D eigenvalue weighted by molar-refractivity contribution is -0.137. The molecule has 24 heavy (non-hydrogen) atoms. The van der Waals surface area contributed by atoms with Gasteiger partial charge in [-0.25, -0.2) is 0 Å². The van der Waals surface area contributed by atoms with Crippen molar-refractivity contribution < 1.29 is 17.6 Å². The SMILES string of the molecule is FC(F)(F)c1ccc(NCc2nnc(-c3ccc(Cl)cc3)o2)cc1. The Hall–Kier alpha value is -2.54. The quantitative estimate of drug-likeness (QED) is 0.715. The Morgan fingerprint density at radius 3 is 2.25 bits per heavy atom. The molecule has 0 aliphatic heterocycles. The fourth-order valence-electron chi connectivity index (χ4n) is 1.99. The maximum Gasteiger partial charge on any atom is 0.416 e. The lowest BCUT2D eigenvalue weighted by Gasteiger charge is -2.08. The van der Waals surface area contributed by atoms with Crippen molar-refractivity contribution in [2.75, 3.05) is 5.32 Å². The molecule has 4 nitrogen and oxygen atoms in total. The molecule has 8 heteroatoms. The fraction of sp³-hybridized carbons (Fsp3) is 0.125. The first-order valence-corrected chi connectivity index (χ1v) is 7.29. The molecule has 0 saturated heterocycles. The second kappa shape index (κ2) is 6.52. The molecular formula is C16H11ClF3N3O. The molecule has 1 aromatic heterocycles. The van der Waals surface area contributed by atoms with E-state index in [2.05, 4.69) is 15.5 Å². The summed E-state index contributed by atoms with van der Waals surface area (Å²) in [6, 6.07) is 11.6. The number of benzene rings is 2. The zero-order valence-corrected chi connectivity index (χ0v) is 12.9. The number of halogens is 4. The van der Waals surface area contributed by atoms with Gasteiger partial charge in [0.2, 0.25) is 11.8 Å². The van der Waals surface area contributed by atoms with Gasteiger partial charge < -0.3 is 9.73 Å². The first-order valence-electron chi connectivity index (χ1n) is 6.91. The highest BCUT2D eigenvalue weighted by atomic mass is 35.5. The molecule has 1 heterocycles. The number of nitrogens with one attached hydrogen (secondary N) is 1. The van der Waals surface area contributed by atoms with E-state index in [1.807, 2.05) is 0 Å². The van der Waals surface area contributed by atoms with E-state index in [0.29, 0.717) is 22.5 Å². The molecule has 0 unspecified atom stereocenters. The summed E-state index contributed by atoms with van der Waals surface area (Å²) in [6.45, 7) is 0.200. The zero-order valence-electron chi connectivity index (χ0n) is 12.1. The van der Waals surface area contributed by atoms with E-state index >= 15 is 0 Å². The van der Waals surface area contributed by atoms with E-state index in [9.17, 15) is 13.2 Å². The molecule has 0 saturated carbocycles. The van der Waals surface area contributed by atoms with E-state index in [1.165, 1.54) is 12.1 Å². The lowest BCUT2D eigenvalue weighted by Crippen LogP contribution is -2.05. The number of nitrogens with zero attached hydrogens (tertiary/aromatic N) is 2. The maximum atomic E-state index is 12.5. The molecule has 2 aromatic carbocycles. The number of rotatable bonds is 4. The van der Waals surface area contributed by atoms with Crippen molar-refractivity contribution in [2.45, 2.75) is 12.7 Å². The summed E-state index contributed by atoms with van der Waals surface area (Å²) in [7, 11) is 0. The summed E-state index contributed by atoms with van der Waals surface area (Å²) in [5.41, 5.74) is 0.554. The number of alkyl halides is 3. The van der Waals surface area contributed by atoms with Crippen LogP contribution in [0.1, 0.15) is 11.5 Å². The standard InChI is InChI=1S/C16H11ClF3N3O/c17-12-5-1-10(2-6-12)15-23-22-14(24-15)9-21-13-7-3-11(4-8-13)16(18,19)20/h1-8,21H,9H2. The largest absolute Gasteiger partial charge is 0.419 e. The number of anilines is 1. The summed E-state index contributed by atoms with van der Waals surface area (Å²) in [5.74, 6) is 0.663. The highest BCUT2D eigenvalue weighted by Gasteiger charge is 2.29. The van der Waals surface area contributed by atoms with Crippen molar-refractivity contribution >= 4 is 17.3 Å². The Kier molecular flexibility index (Phi) is 4.44. The minimum atomic E-state index is -4.35. The summed E-state index contributed by atoms with van der Waals surface area (Å²) in [6.07, 6.45) is -4.35. The van der Waals surface area contributed by atoms with Gasteiger partial charge in [0, 0.05) is 16.3 Å². The number of aromatic nitrogens is 2. The average Bonchev–Trinajstić information content (AvgIpc) is 3.02. The Labute approximate surface area is 140 Å². The Balaban J connectivity index is 1.64. The van der Waals surface area contributed by atoms with Gasteiger partial charge in [-0.05, 0) is 48.5 Å². The van der Waals surface area contributed by atoms with Crippen LogP contribution >= 0.6 is 11.6 Å². The van der Waals surface area contributed by atoms with Crippen LogP contribution in [0.25, 0.3) is 11.5 Å². The summed E-state index contributed by atoms with van der Waals surface area (Å²) < 4.78 is 43.0. The van der Waals surface area contributed by atoms with E-state index < -0.39 is 11.7 Å². The molecule has 3 aromatic rings. The highest BCUT2D eigenvalue weighted by molar-refractivity contribution is 6.30. The van der Waals surface area contributed by atoms with Gasteiger partial charge >= 0.3 is 6.18 Å². The van der Waals surface area contributed by atoms with Crippen LogP contribution < -0.4 is 5.32 Å². The first kappa shape index (κ1) is 16.3. The van der Waals surface area contributed by atoms with Crippen LogP contribution in [0.2, 0.25) is 5.02 Å². The summed E-state index contributed by atoms with van der Waals surface area (Å²) >= 11 is 5.81. The van der Waals surface area contributed by atoms with Gasteiger partial charge in [0.05, 0.1) is 12.1 Å². The van der Waals surface area contributed by atoms with Crippen LogP contribution in [0.5, 0.6) is 0 Å². The van der Waals surface area contributed by atoms with Gasteiger partial charge in [0.15, 0.2) is 0 Å². The minimum absolute atomic E-state index is 0.200. The van der Waals surface area contributed by atoms with Crippen molar-refractivity contribution in [3.05, 3.63) is 65.0 Å². The second-order valence-corrected chi connectivity index (χ2v) is 5.37. The molecule has 3 rings (SSSR count). The van der Waals surface area contributed by atoms with Gasteiger partial charge in [-0.15, -0.1) is 10.2 Å². The Morgan fingerprint density at radius 2 is 1.62 bits per heavy atom. The first-order chi connectivity index (χ1) is 11.4. The molecule has 0 amide bonds. The van der Waals surface area contributed by atoms with Crippen molar-refractivity contribution in [3.8, 4) is 11.5 Å². The topological polar surface area (TPSA) is 51.0 Å². The predicted molar refractivity (Wildman–Crippen MR) is 83.5 cm³/mol. The van der Waals surface area contributed by atoms with Gasteiger partial charge in [-0.1, -0.05) is 11.6 Å². The minimum Gasteiger partial charge on any atom is -0.419 e. The molecule has 0 atom stereocenters. The smallest absolute Gasteiger partial charge is 0.416 e. The summed E-state index contributed by atoms with van der Waals surface area (Å²) in [4.78, 5) is 0. The molecule has 0 fully saturated rings. The van der Waals surface area contributed by atoms with Crippen LogP contribution in [-0.2, 0) is 12.7 Å². The molecule has 1 N–H and O–H groups in total. The summed E-state index contributed by atoms with van der Waals surface area (Å²) in [5, 5.41) is 11.3. The van der Waals surface area contributed by atoms with Crippen molar-refractivity contribution in [3.63, 3.8) is 0 Å². The predicted octanol–water partition coefficient (Wildman–Crippen LogP) is 5.02. The van der Waals surface area contributed by atoms with Crippen LogP contribution in [-0.4, -0.2) is 10.2 Å². The van der Waals surface area contributed by atoms with Gasteiger partial charge in [0.1, 0.15) is 0 Å². The van der Waals surface area contributed by atoms with Crippen molar-refractivity contribution in [1.29, 1.82) is 0 Å². The molecule has 0 aliphatic rings. The molecule has 0 bridgehead atoms. The second-order valence-electron chi connectivity index (χ2n) is 4.94. The normalized spacial score (nSPS) is 11.5. The zero-order chi connectivity index (χ0) is 17.2. The third-order valence-electron chi connectivity index (χ3n) is 3.21. The monoisotopic (exact) mass is 353 g/mol. The average molecular weight is 354 g/mol. The van der Waals surface area contributed by atoms with Crippen molar-refractivity contribution in [1.82, 2.24) is 10.2 Å². The third kappa shape index (κ3) is 3.86. The maximum absolute atomic E-state index is 12.5. The van der Waals surface area contributed by atoms with E-state index in [-0.39, 0.29) is 6.54 Å².